The van der Waals surface area contributed by atoms with Crippen LogP contribution >= 0.6 is 0 Å². The molecule has 0 aliphatic heterocycles. The number of hydrogen-bond donors (Lipinski definition) is 2. The zero-order chi connectivity index (χ0) is 6.57. The fourth-order valence-electron chi connectivity index (χ4n) is 0.215. The summed E-state index contributed by atoms with van der Waals surface area (Å²) in [5.41, 5.74) is 10.1. The molecule has 0 aliphatic carbocycles. The summed E-state index contributed by atoms with van der Waals surface area (Å²) < 4.78 is 4.89. The van der Waals surface area contributed by atoms with Gasteiger partial charge in [-0.1, -0.05) is 0 Å². The van der Waals surface area contributed by atoms with Crippen LogP contribution in [0.4, 0.5) is 0 Å². The Hall–Kier alpha value is -0.860. The number of rotatable bonds is 2. The molecule has 0 aromatic heterocycles. The summed E-state index contributed by atoms with van der Waals surface area (Å²) in [5.74, 6) is 0.207. The largest absolute Gasteiger partial charge is 0.495 e. The lowest BCUT2D eigenvalue weighted by molar-refractivity contribution is 0.176. The second-order valence-electron chi connectivity index (χ2n) is 1.80. The van der Waals surface area contributed by atoms with E-state index in [1.165, 1.54) is 6.26 Å². The number of nitrogens with two attached hydrogens (primary N) is 2. The monoisotopic (exact) mass is 116 g/mol. The maximum absolute atomic E-state index is 5.05. The van der Waals surface area contributed by atoms with Gasteiger partial charge in [-0.3, -0.25) is 0 Å². The minimum Gasteiger partial charge on any atom is -0.495 e. The number of ether oxygens (including phenoxy) is 1. The molecule has 0 heterocycles. The fourth-order valence-corrected chi connectivity index (χ4v) is 0.215. The van der Waals surface area contributed by atoms with Gasteiger partial charge < -0.3 is 16.2 Å². The molecule has 8 heavy (non-hydrogen) atoms. The molecule has 3 heteroatoms. The van der Waals surface area contributed by atoms with Crippen molar-refractivity contribution in [2.75, 3.05) is 0 Å². The quantitative estimate of drug-likeness (QED) is 0.504. The molecule has 0 fully saturated rings. The van der Waals surface area contributed by atoms with Crippen molar-refractivity contribution in [1.29, 1.82) is 0 Å². The van der Waals surface area contributed by atoms with Crippen molar-refractivity contribution >= 4 is 0 Å². The van der Waals surface area contributed by atoms with Gasteiger partial charge in [-0.05, 0) is 13.8 Å². The minimum atomic E-state index is 0.150. The van der Waals surface area contributed by atoms with E-state index in [1.54, 1.807) is 0 Å². The summed E-state index contributed by atoms with van der Waals surface area (Å²) in [6.45, 7) is 3.80. The Morgan fingerprint density at radius 1 is 1.50 bits per heavy atom. The molecule has 0 bridgehead atoms. The van der Waals surface area contributed by atoms with Crippen LogP contribution < -0.4 is 11.5 Å². The summed E-state index contributed by atoms with van der Waals surface area (Å²) >= 11 is 0. The minimum absolute atomic E-state index is 0.150. The first-order valence-electron chi connectivity index (χ1n) is 2.49. The Balaban J connectivity index is 3.29. The maximum Gasteiger partial charge on any atom is 0.129 e. The Labute approximate surface area is 49.3 Å². The smallest absolute Gasteiger partial charge is 0.129 e. The highest BCUT2D eigenvalue weighted by molar-refractivity contribution is 4.82. The highest BCUT2D eigenvalue weighted by Gasteiger charge is 1.85. The van der Waals surface area contributed by atoms with Crippen LogP contribution in [0.25, 0.3) is 0 Å². The van der Waals surface area contributed by atoms with Crippen LogP contribution in [0.15, 0.2) is 12.1 Å². The lowest BCUT2D eigenvalue weighted by Gasteiger charge is -2.02. The topological polar surface area (TPSA) is 61.3 Å². The molecule has 0 rings (SSSR count). The van der Waals surface area contributed by atoms with Crippen molar-refractivity contribution in [3.05, 3.63) is 12.1 Å². The van der Waals surface area contributed by atoms with E-state index in [9.17, 15) is 0 Å². The van der Waals surface area contributed by atoms with E-state index in [1.807, 2.05) is 13.8 Å². The summed E-state index contributed by atoms with van der Waals surface area (Å²) in [6.07, 6.45) is 1.49. The van der Waals surface area contributed by atoms with E-state index in [4.69, 9.17) is 16.2 Å². The van der Waals surface area contributed by atoms with Crippen LogP contribution in [-0.2, 0) is 4.74 Å². The summed E-state index contributed by atoms with van der Waals surface area (Å²) in [5, 5.41) is 0. The molecule has 0 spiro atoms. The van der Waals surface area contributed by atoms with Crippen molar-refractivity contribution in [3.63, 3.8) is 0 Å². The zero-order valence-electron chi connectivity index (χ0n) is 5.22. The Bertz CT molecular complexity index is 84.4. The average molecular weight is 116 g/mol. The molecule has 0 aromatic carbocycles. The van der Waals surface area contributed by atoms with Gasteiger partial charge in [0, 0.05) is 0 Å². The molecule has 0 aromatic rings. The highest BCUT2D eigenvalue weighted by atomic mass is 16.5. The molecule has 0 amide bonds. The van der Waals surface area contributed by atoms with Crippen molar-refractivity contribution < 1.29 is 4.74 Å². The molecular formula is C5H12N2O. The third-order valence-electron chi connectivity index (χ3n) is 0.476. The maximum atomic E-state index is 5.05. The molecule has 4 N–H and O–H groups in total. The van der Waals surface area contributed by atoms with Crippen LogP contribution in [0.1, 0.15) is 13.8 Å². The van der Waals surface area contributed by atoms with Crippen LogP contribution in [-0.4, -0.2) is 6.10 Å². The molecule has 0 radical (unpaired) electrons. The lowest BCUT2D eigenvalue weighted by atomic mass is 10.5. The molecule has 3 nitrogen and oxygen atoms in total. The van der Waals surface area contributed by atoms with Crippen LogP contribution in [0, 0.1) is 0 Å². The standard InChI is InChI=1S/C5H12N2O/c1-4(2)8-3-5(6)7/h3-4H,6-7H2,1-2H3. The Kier molecular flexibility index (Phi) is 2.84. The molecular weight excluding hydrogens is 104 g/mol. The molecule has 0 saturated carbocycles. The van der Waals surface area contributed by atoms with Crippen molar-refractivity contribution in [1.82, 2.24) is 0 Å². The van der Waals surface area contributed by atoms with Crippen LogP contribution in [0.2, 0.25) is 0 Å². The first kappa shape index (κ1) is 7.14. The molecule has 48 valence electrons. The Morgan fingerprint density at radius 3 is 2.12 bits per heavy atom. The second-order valence-corrected chi connectivity index (χ2v) is 1.80. The van der Waals surface area contributed by atoms with E-state index in [0.717, 1.165) is 0 Å². The van der Waals surface area contributed by atoms with Gasteiger partial charge in [0.1, 0.15) is 12.1 Å². The first-order chi connectivity index (χ1) is 3.63. The van der Waals surface area contributed by atoms with Gasteiger partial charge in [-0.25, -0.2) is 0 Å². The zero-order valence-corrected chi connectivity index (χ0v) is 5.22. The Morgan fingerprint density at radius 2 is 2.00 bits per heavy atom. The van der Waals surface area contributed by atoms with Crippen molar-refractivity contribution in [2.45, 2.75) is 20.0 Å². The summed E-state index contributed by atoms with van der Waals surface area (Å²) in [4.78, 5) is 0. The molecule has 0 unspecified atom stereocenters. The molecule has 0 atom stereocenters. The fraction of sp³-hybridized carbons (Fsp3) is 0.600. The average Bonchev–Trinajstić information content (AvgIpc) is 1.61. The molecule has 0 aliphatic rings. The molecule has 0 saturated heterocycles. The van der Waals surface area contributed by atoms with Gasteiger partial charge in [-0.15, -0.1) is 0 Å². The predicted molar refractivity (Wildman–Crippen MR) is 32.7 cm³/mol. The van der Waals surface area contributed by atoms with Crippen molar-refractivity contribution in [3.8, 4) is 0 Å². The summed E-state index contributed by atoms with van der Waals surface area (Å²) in [7, 11) is 0. The van der Waals surface area contributed by atoms with Gasteiger partial charge in [0.15, 0.2) is 0 Å². The summed E-state index contributed by atoms with van der Waals surface area (Å²) in [6, 6.07) is 0. The van der Waals surface area contributed by atoms with Crippen LogP contribution in [0.3, 0.4) is 0 Å². The highest BCUT2D eigenvalue weighted by Crippen LogP contribution is 1.87. The van der Waals surface area contributed by atoms with E-state index in [2.05, 4.69) is 0 Å². The third-order valence-corrected chi connectivity index (χ3v) is 0.476. The van der Waals surface area contributed by atoms with E-state index in [-0.39, 0.29) is 11.9 Å². The van der Waals surface area contributed by atoms with Gasteiger partial charge in [0.2, 0.25) is 0 Å². The van der Waals surface area contributed by atoms with Gasteiger partial charge in [-0.2, -0.15) is 0 Å². The van der Waals surface area contributed by atoms with E-state index in [0.29, 0.717) is 0 Å². The van der Waals surface area contributed by atoms with E-state index >= 15 is 0 Å². The second kappa shape index (κ2) is 3.18. The first-order valence-corrected chi connectivity index (χ1v) is 2.49. The lowest BCUT2D eigenvalue weighted by Crippen LogP contribution is -2.09. The van der Waals surface area contributed by atoms with Crippen molar-refractivity contribution in [2.24, 2.45) is 11.5 Å². The number of hydrogen-bond acceptors (Lipinski definition) is 3. The van der Waals surface area contributed by atoms with Gasteiger partial charge in [0.05, 0.1) is 6.10 Å². The normalized spacial score (nSPS) is 8.88. The predicted octanol–water partition coefficient (Wildman–Crippen LogP) is 0.128. The van der Waals surface area contributed by atoms with Gasteiger partial charge in [0.25, 0.3) is 0 Å². The van der Waals surface area contributed by atoms with Crippen LogP contribution in [0.5, 0.6) is 0 Å². The van der Waals surface area contributed by atoms with E-state index < -0.39 is 0 Å². The van der Waals surface area contributed by atoms with Gasteiger partial charge >= 0.3 is 0 Å². The third kappa shape index (κ3) is 5.14. The SMILES string of the molecule is CC(C)OC=C(N)N.